The lowest BCUT2D eigenvalue weighted by Crippen LogP contribution is -2.53. The highest BCUT2D eigenvalue weighted by Gasteiger charge is 2.34. The van der Waals surface area contributed by atoms with E-state index in [4.69, 9.17) is 27.9 Å². The summed E-state index contributed by atoms with van der Waals surface area (Å²) < 4.78 is 34.3. The van der Waals surface area contributed by atoms with Gasteiger partial charge < -0.3 is 15.0 Å². The number of carbonyl (C=O) groups excluding carboxylic acids is 2. The summed E-state index contributed by atoms with van der Waals surface area (Å²) in [6, 6.07) is 16.9. The second-order valence-electron chi connectivity index (χ2n) is 10.0. The van der Waals surface area contributed by atoms with Gasteiger partial charge in [0.15, 0.2) is 0 Å². The van der Waals surface area contributed by atoms with Crippen molar-refractivity contribution >= 4 is 50.7 Å². The summed E-state index contributed by atoms with van der Waals surface area (Å²) >= 11 is 12.4. The van der Waals surface area contributed by atoms with E-state index in [0.717, 1.165) is 15.4 Å². The largest absolute Gasteiger partial charge is 0.497 e. The smallest absolute Gasteiger partial charge is 0.264 e. The molecular formula is C31H37Cl2N3O5S. The van der Waals surface area contributed by atoms with Gasteiger partial charge in [0.1, 0.15) is 18.3 Å². The number of sulfonamides is 1. The molecule has 2 atom stereocenters. The number of benzene rings is 3. The molecule has 42 heavy (non-hydrogen) atoms. The lowest BCUT2D eigenvalue weighted by molar-refractivity contribution is -0.140. The van der Waals surface area contributed by atoms with Gasteiger partial charge in [-0.05, 0) is 74.7 Å². The van der Waals surface area contributed by atoms with Crippen LogP contribution in [0.4, 0.5) is 5.69 Å². The first-order valence-corrected chi connectivity index (χ1v) is 15.9. The minimum absolute atomic E-state index is 0.00729. The highest BCUT2D eigenvalue weighted by atomic mass is 35.5. The fourth-order valence-electron chi connectivity index (χ4n) is 4.33. The molecule has 0 fully saturated rings. The Hall–Kier alpha value is -3.27. The van der Waals surface area contributed by atoms with E-state index in [1.165, 1.54) is 35.2 Å². The number of carbonyl (C=O) groups is 2. The van der Waals surface area contributed by atoms with Gasteiger partial charge >= 0.3 is 0 Å². The fraction of sp³-hybridized carbons (Fsp3) is 0.355. The number of ether oxygens (including phenoxy) is 1. The second-order valence-corrected chi connectivity index (χ2v) is 12.7. The van der Waals surface area contributed by atoms with Crippen LogP contribution in [0.5, 0.6) is 5.75 Å². The molecule has 3 aromatic rings. The molecule has 11 heteroatoms. The Morgan fingerprint density at radius 1 is 0.952 bits per heavy atom. The molecule has 0 saturated carbocycles. The number of nitrogens with zero attached hydrogens (tertiary/aromatic N) is 2. The van der Waals surface area contributed by atoms with Gasteiger partial charge in [-0.3, -0.25) is 13.9 Å². The Morgan fingerprint density at radius 3 is 2.24 bits per heavy atom. The van der Waals surface area contributed by atoms with Crippen molar-refractivity contribution in [2.24, 2.45) is 0 Å². The predicted octanol–water partition coefficient (Wildman–Crippen LogP) is 6.23. The average Bonchev–Trinajstić information content (AvgIpc) is 2.97. The maximum atomic E-state index is 14.2. The number of halogens is 2. The molecule has 1 N–H and O–H groups in total. The van der Waals surface area contributed by atoms with Gasteiger partial charge in [-0.1, -0.05) is 66.9 Å². The Kier molecular flexibility index (Phi) is 11.7. The van der Waals surface area contributed by atoms with Crippen LogP contribution in [0, 0.1) is 6.92 Å². The molecule has 0 radical (unpaired) electrons. The van der Waals surface area contributed by atoms with Crippen molar-refractivity contribution < 1.29 is 22.7 Å². The number of amides is 2. The maximum Gasteiger partial charge on any atom is 0.264 e. The number of methoxy groups -OCH3 is 1. The summed E-state index contributed by atoms with van der Waals surface area (Å²) in [6.07, 6.45) is 1.03. The molecule has 3 aromatic carbocycles. The number of aryl methyl sites for hydroxylation is 1. The van der Waals surface area contributed by atoms with Crippen molar-refractivity contribution in [2.75, 3.05) is 18.0 Å². The van der Waals surface area contributed by atoms with Gasteiger partial charge in [-0.15, -0.1) is 0 Å². The summed E-state index contributed by atoms with van der Waals surface area (Å²) in [5, 5.41) is 3.34. The molecule has 0 aliphatic heterocycles. The van der Waals surface area contributed by atoms with Crippen LogP contribution in [0.3, 0.4) is 0 Å². The van der Waals surface area contributed by atoms with Crippen molar-refractivity contribution in [1.29, 1.82) is 0 Å². The van der Waals surface area contributed by atoms with E-state index in [-0.39, 0.29) is 39.1 Å². The molecule has 0 aliphatic carbocycles. The third-order valence-electron chi connectivity index (χ3n) is 6.95. The number of hydrogen-bond donors (Lipinski definition) is 1. The molecule has 3 rings (SSSR count). The molecule has 226 valence electrons. The lowest BCUT2D eigenvalue weighted by Gasteiger charge is -2.34. The number of hydrogen-bond acceptors (Lipinski definition) is 5. The third-order valence-corrected chi connectivity index (χ3v) is 9.48. The summed E-state index contributed by atoms with van der Waals surface area (Å²) in [7, 11) is -2.68. The Labute approximate surface area is 258 Å². The van der Waals surface area contributed by atoms with Crippen LogP contribution in [0.15, 0.2) is 71.6 Å². The maximum absolute atomic E-state index is 14.2. The quantitative estimate of drug-likeness (QED) is 0.241. The summed E-state index contributed by atoms with van der Waals surface area (Å²) in [5.74, 6) is -0.285. The zero-order valence-corrected chi connectivity index (χ0v) is 26.8. The minimum atomic E-state index is -4.22. The van der Waals surface area contributed by atoms with E-state index in [1.54, 1.807) is 37.4 Å². The Morgan fingerprint density at radius 2 is 1.64 bits per heavy atom. The van der Waals surface area contributed by atoms with E-state index in [2.05, 4.69) is 5.32 Å². The highest BCUT2D eigenvalue weighted by molar-refractivity contribution is 7.92. The molecule has 0 bridgehead atoms. The van der Waals surface area contributed by atoms with E-state index < -0.39 is 28.5 Å². The molecular weight excluding hydrogens is 597 g/mol. The van der Waals surface area contributed by atoms with Gasteiger partial charge in [0.2, 0.25) is 11.8 Å². The first-order valence-electron chi connectivity index (χ1n) is 13.7. The van der Waals surface area contributed by atoms with Gasteiger partial charge in [0.05, 0.1) is 27.7 Å². The van der Waals surface area contributed by atoms with Crippen LogP contribution in [-0.2, 0) is 26.2 Å². The van der Waals surface area contributed by atoms with Crippen molar-refractivity contribution in [1.82, 2.24) is 10.2 Å². The number of nitrogens with one attached hydrogen (secondary N) is 1. The molecule has 0 unspecified atom stereocenters. The molecule has 0 heterocycles. The number of rotatable bonds is 13. The zero-order valence-electron chi connectivity index (χ0n) is 24.4. The van der Waals surface area contributed by atoms with Crippen LogP contribution < -0.4 is 14.4 Å². The molecule has 8 nitrogen and oxygen atoms in total. The molecule has 0 spiro atoms. The van der Waals surface area contributed by atoms with Gasteiger partial charge in [-0.2, -0.15) is 0 Å². The summed E-state index contributed by atoms with van der Waals surface area (Å²) in [4.78, 5) is 29.0. The van der Waals surface area contributed by atoms with Crippen LogP contribution in [0.2, 0.25) is 10.0 Å². The van der Waals surface area contributed by atoms with Crippen LogP contribution in [-0.4, -0.2) is 50.9 Å². The standard InChI is InChI=1S/C31H37Cl2N3O5S/c1-6-22(4)34-31(38)29(7-2)35(19-23-9-8-10-25(17-23)41-5)30(37)20-36(24-13-16-27(32)28(33)18-24)42(39,40)26-14-11-21(3)12-15-26/h8-18,22,29H,6-7,19-20H2,1-5H3,(H,34,38)/t22-,29-/m1/s1. The fourth-order valence-corrected chi connectivity index (χ4v) is 6.03. The highest BCUT2D eigenvalue weighted by Crippen LogP contribution is 2.31. The Balaban J connectivity index is 2.09. The minimum Gasteiger partial charge on any atom is -0.497 e. The van der Waals surface area contributed by atoms with Crippen molar-refractivity contribution in [3.05, 3.63) is 87.9 Å². The average molecular weight is 635 g/mol. The Bertz CT molecular complexity index is 1500. The molecule has 0 aromatic heterocycles. The van der Waals surface area contributed by atoms with E-state index >= 15 is 0 Å². The first kappa shape index (κ1) is 33.2. The van der Waals surface area contributed by atoms with Crippen molar-refractivity contribution in [3.8, 4) is 5.75 Å². The lowest BCUT2D eigenvalue weighted by atomic mass is 10.1. The summed E-state index contributed by atoms with van der Waals surface area (Å²) in [5.41, 5.74) is 1.77. The SMILES string of the molecule is CC[C@@H](C)NC(=O)[C@@H](CC)N(Cc1cccc(OC)c1)C(=O)CN(c1ccc(Cl)c(Cl)c1)S(=O)(=O)c1ccc(C)cc1. The van der Waals surface area contributed by atoms with E-state index in [9.17, 15) is 18.0 Å². The number of anilines is 1. The van der Waals surface area contributed by atoms with Crippen LogP contribution in [0.1, 0.15) is 44.7 Å². The second kappa shape index (κ2) is 14.8. The normalized spacial score (nSPS) is 12.7. The summed E-state index contributed by atoms with van der Waals surface area (Å²) in [6.45, 7) is 6.98. The van der Waals surface area contributed by atoms with Gasteiger partial charge in [0, 0.05) is 12.6 Å². The van der Waals surface area contributed by atoms with Gasteiger partial charge in [-0.25, -0.2) is 8.42 Å². The first-order chi connectivity index (χ1) is 19.9. The van der Waals surface area contributed by atoms with Crippen LogP contribution in [0.25, 0.3) is 0 Å². The third kappa shape index (κ3) is 8.18. The molecule has 2 amide bonds. The van der Waals surface area contributed by atoms with Crippen molar-refractivity contribution in [3.63, 3.8) is 0 Å². The van der Waals surface area contributed by atoms with Gasteiger partial charge in [0.25, 0.3) is 10.0 Å². The predicted molar refractivity (Wildman–Crippen MR) is 168 cm³/mol. The van der Waals surface area contributed by atoms with E-state index in [0.29, 0.717) is 18.6 Å². The van der Waals surface area contributed by atoms with Crippen LogP contribution >= 0.6 is 23.2 Å². The topological polar surface area (TPSA) is 96.0 Å². The molecule has 0 aliphatic rings. The zero-order chi connectivity index (χ0) is 31.0. The monoisotopic (exact) mass is 633 g/mol. The van der Waals surface area contributed by atoms with Crippen molar-refractivity contribution in [2.45, 2.75) is 64.1 Å². The molecule has 0 saturated heterocycles. The van der Waals surface area contributed by atoms with E-state index in [1.807, 2.05) is 33.8 Å².